The van der Waals surface area contributed by atoms with Crippen molar-refractivity contribution in [1.82, 2.24) is 19.2 Å². The zero-order chi connectivity index (χ0) is 14.8. The standard InChI is InChI=1S/C12H21N5O2S/c1-3-17-6-4-10(5-7-17)16(2)20(18,19)11-8-14-12(13)15-9-11/h8-10H,3-7H2,1-2H3,(H2,13,14,15). The molecule has 0 amide bonds. The molecule has 0 aliphatic carbocycles. The first-order chi connectivity index (χ1) is 9.45. The second kappa shape index (κ2) is 6.02. The monoisotopic (exact) mass is 299 g/mol. The number of piperidine rings is 1. The van der Waals surface area contributed by atoms with Gasteiger partial charge >= 0.3 is 0 Å². The maximum atomic E-state index is 12.5. The van der Waals surface area contributed by atoms with Crippen molar-refractivity contribution < 1.29 is 8.42 Å². The van der Waals surface area contributed by atoms with E-state index in [4.69, 9.17) is 5.73 Å². The first-order valence-electron chi connectivity index (χ1n) is 6.73. The average molecular weight is 299 g/mol. The fraction of sp³-hybridized carbons (Fsp3) is 0.667. The van der Waals surface area contributed by atoms with Crippen LogP contribution in [0.5, 0.6) is 0 Å². The molecule has 0 aromatic carbocycles. The predicted octanol–water partition coefficient (Wildman–Crippen LogP) is 0.164. The zero-order valence-corrected chi connectivity index (χ0v) is 12.7. The summed E-state index contributed by atoms with van der Waals surface area (Å²) in [5.41, 5.74) is 5.38. The lowest BCUT2D eigenvalue weighted by Gasteiger charge is -2.35. The van der Waals surface area contributed by atoms with E-state index in [1.54, 1.807) is 7.05 Å². The molecule has 1 saturated heterocycles. The van der Waals surface area contributed by atoms with Gasteiger partial charge in [0.05, 0.1) is 12.4 Å². The van der Waals surface area contributed by atoms with Crippen molar-refractivity contribution >= 4 is 16.0 Å². The van der Waals surface area contributed by atoms with E-state index in [1.807, 2.05) is 0 Å². The van der Waals surface area contributed by atoms with Gasteiger partial charge in [-0.3, -0.25) is 0 Å². The molecule has 2 heterocycles. The van der Waals surface area contributed by atoms with Crippen LogP contribution in [-0.2, 0) is 10.0 Å². The predicted molar refractivity (Wildman–Crippen MR) is 76.5 cm³/mol. The molecule has 7 nitrogen and oxygen atoms in total. The minimum atomic E-state index is -3.55. The Balaban J connectivity index is 2.11. The molecule has 1 fully saturated rings. The fourth-order valence-electron chi connectivity index (χ4n) is 2.42. The summed E-state index contributed by atoms with van der Waals surface area (Å²) in [7, 11) is -1.92. The van der Waals surface area contributed by atoms with Crippen molar-refractivity contribution in [3.63, 3.8) is 0 Å². The largest absolute Gasteiger partial charge is 0.368 e. The third-order valence-corrected chi connectivity index (χ3v) is 5.71. The fourth-order valence-corrected chi connectivity index (χ4v) is 3.73. The average Bonchev–Trinajstić information content (AvgIpc) is 2.47. The van der Waals surface area contributed by atoms with Crippen LogP contribution in [0.2, 0.25) is 0 Å². The van der Waals surface area contributed by atoms with E-state index >= 15 is 0 Å². The van der Waals surface area contributed by atoms with Crippen molar-refractivity contribution in [2.75, 3.05) is 32.4 Å². The Morgan fingerprint density at radius 1 is 1.35 bits per heavy atom. The van der Waals surface area contributed by atoms with Gasteiger partial charge in [0.25, 0.3) is 0 Å². The number of rotatable bonds is 4. The molecule has 0 radical (unpaired) electrons. The van der Waals surface area contributed by atoms with Gasteiger partial charge in [0.15, 0.2) is 0 Å². The number of likely N-dealkylation sites (tertiary alicyclic amines) is 1. The van der Waals surface area contributed by atoms with Crippen molar-refractivity contribution in [2.45, 2.75) is 30.7 Å². The third kappa shape index (κ3) is 3.08. The molecule has 0 bridgehead atoms. The number of nitrogens with zero attached hydrogens (tertiary/aromatic N) is 4. The molecule has 1 aromatic heterocycles. The maximum Gasteiger partial charge on any atom is 0.246 e. The number of anilines is 1. The van der Waals surface area contributed by atoms with E-state index in [0.29, 0.717) is 0 Å². The molecule has 0 unspecified atom stereocenters. The minimum absolute atomic E-state index is 0.0281. The van der Waals surface area contributed by atoms with E-state index in [1.165, 1.54) is 16.7 Å². The molecule has 112 valence electrons. The number of nitrogens with two attached hydrogens (primary N) is 1. The van der Waals surface area contributed by atoms with Gasteiger partial charge in [-0.05, 0) is 32.5 Å². The van der Waals surface area contributed by atoms with Crippen molar-refractivity contribution in [3.05, 3.63) is 12.4 Å². The molecule has 1 aliphatic heterocycles. The van der Waals surface area contributed by atoms with Gasteiger partial charge in [-0.2, -0.15) is 4.31 Å². The second-order valence-corrected chi connectivity index (χ2v) is 6.96. The lowest BCUT2D eigenvalue weighted by molar-refractivity contribution is 0.176. The highest BCUT2D eigenvalue weighted by molar-refractivity contribution is 7.89. The van der Waals surface area contributed by atoms with Crippen LogP contribution in [0, 0.1) is 0 Å². The van der Waals surface area contributed by atoms with Crippen LogP contribution >= 0.6 is 0 Å². The third-order valence-electron chi connectivity index (χ3n) is 3.84. The highest BCUT2D eigenvalue weighted by Crippen LogP contribution is 2.21. The van der Waals surface area contributed by atoms with Crippen LogP contribution in [0.1, 0.15) is 19.8 Å². The minimum Gasteiger partial charge on any atom is -0.368 e. The summed E-state index contributed by atoms with van der Waals surface area (Å²) in [4.78, 5) is 9.91. The summed E-state index contributed by atoms with van der Waals surface area (Å²) in [6.07, 6.45) is 4.21. The Bertz CT molecular complexity index is 537. The molecular formula is C12H21N5O2S. The summed E-state index contributed by atoms with van der Waals surface area (Å²) in [5.74, 6) is 0.0721. The van der Waals surface area contributed by atoms with E-state index in [9.17, 15) is 8.42 Å². The van der Waals surface area contributed by atoms with Crippen LogP contribution in [-0.4, -0.2) is 60.3 Å². The van der Waals surface area contributed by atoms with E-state index in [2.05, 4.69) is 21.8 Å². The van der Waals surface area contributed by atoms with Crippen LogP contribution in [0.3, 0.4) is 0 Å². The molecule has 20 heavy (non-hydrogen) atoms. The van der Waals surface area contributed by atoms with E-state index in [0.717, 1.165) is 32.5 Å². The van der Waals surface area contributed by atoms with Gasteiger partial charge in [-0.15, -0.1) is 0 Å². The molecular weight excluding hydrogens is 278 g/mol. The first kappa shape index (κ1) is 15.1. The molecule has 8 heteroatoms. The number of hydrogen-bond donors (Lipinski definition) is 1. The molecule has 2 rings (SSSR count). The molecule has 1 aromatic rings. The number of nitrogen functional groups attached to an aromatic ring is 1. The Kier molecular flexibility index (Phi) is 4.56. The van der Waals surface area contributed by atoms with Crippen LogP contribution in [0.4, 0.5) is 5.95 Å². The topological polar surface area (TPSA) is 92.4 Å². The summed E-state index contributed by atoms with van der Waals surface area (Å²) in [6.45, 7) is 4.99. The molecule has 0 spiro atoms. The van der Waals surface area contributed by atoms with Gasteiger partial charge in [0.1, 0.15) is 4.90 Å². The summed E-state index contributed by atoms with van der Waals surface area (Å²) < 4.78 is 26.4. The Labute approximate surface area is 119 Å². The summed E-state index contributed by atoms with van der Waals surface area (Å²) in [6, 6.07) is 0.0281. The van der Waals surface area contributed by atoms with Crippen LogP contribution in [0.25, 0.3) is 0 Å². The van der Waals surface area contributed by atoms with Gasteiger partial charge in [0.2, 0.25) is 16.0 Å². The van der Waals surface area contributed by atoms with Gasteiger partial charge < -0.3 is 10.6 Å². The second-order valence-electron chi connectivity index (χ2n) is 4.96. The van der Waals surface area contributed by atoms with Crippen LogP contribution < -0.4 is 5.73 Å². The summed E-state index contributed by atoms with van der Waals surface area (Å²) in [5, 5.41) is 0. The number of sulfonamides is 1. The smallest absolute Gasteiger partial charge is 0.246 e. The number of aromatic nitrogens is 2. The quantitative estimate of drug-likeness (QED) is 0.851. The van der Waals surface area contributed by atoms with Crippen molar-refractivity contribution in [3.8, 4) is 0 Å². The molecule has 0 atom stereocenters. The van der Waals surface area contributed by atoms with Crippen molar-refractivity contribution in [1.29, 1.82) is 0 Å². The maximum absolute atomic E-state index is 12.5. The molecule has 1 aliphatic rings. The Morgan fingerprint density at radius 3 is 2.40 bits per heavy atom. The Morgan fingerprint density at radius 2 is 1.90 bits per heavy atom. The SMILES string of the molecule is CCN1CCC(N(C)S(=O)(=O)c2cnc(N)nc2)CC1. The van der Waals surface area contributed by atoms with E-state index < -0.39 is 10.0 Å². The normalized spacial score (nSPS) is 18.6. The Hall–Kier alpha value is -1.25. The van der Waals surface area contributed by atoms with Gasteiger partial charge in [-0.25, -0.2) is 18.4 Å². The lowest BCUT2D eigenvalue weighted by atomic mass is 10.1. The highest BCUT2D eigenvalue weighted by atomic mass is 32.2. The highest BCUT2D eigenvalue weighted by Gasteiger charge is 2.30. The van der Waals surface area contributed by atoms with Gasteiger partial charge in [0, 0.05) is 13.1 Å². The first-order valence-corrected chi connectivity index (χ1v) is 8.17. The zero-order valence-electron chi connectivity index (χ0n) is 11.9. The van der Waals surface area contributed by atoms with Gasteiger partial charge in [-0.1, -0.05) is 6.92 Å². The van der Waals surface area contributed by atoms with Crippen molar-refractivity contribution in [2.24, 2.45) is 0 Å². The number of hydrogen-bond acceptors (Lipinski definition) is 6. The summed E-state index contributed by atoms with van der Waals surface area (Å²) >= 11 is 0. The molecule has 2 N–H and O–H groups in total. The lowest BCUT2D eigenvalue weighted by Crippen LogP contribution is -2.45. The van der Waals surface area contributed by atoms with Crippen LogP contribution in [0.15, 0.2) is 17.3 Å². The molecule has 0 saturated carbocycles. The van der Waals surface area contributed by atoms with E-state index in [-0.39, 0.29) is 16.9 Å².